The predicted molar refractivity (Wildman–Crippen MR) is 100 cm³/mol. The standard InChI is InChI=1S/C19H22N6O2/c1-13-9-25(11-14(27-13)10-24-6-5-21-18(26)12-24)17-8-23-16(7-20)19-15(17)3-2-4-22-19/h2-4,8,13-14H,5-6,9-12H2,1H3,(H,21,26)/t13-,14+/m1/s1. The van der Waals surface area contributed by atoms with E-state index in [1.54, 1.807) is 12.4 Å². The Morgan fingerprint density at radius 3 is 3.11 bits per heavy atom. The highest BCUT2D eigenvalue weighted by molar-refractivity contribution is 5.93. The first-order valence-corrected chi connectivity index (χ1v) is 9.17. The summed E-state index contributed by atoms with van der Waals surface area (Å²) < 4.78 is 6.13. The van der Waals surface area contributed by atoms with Gasteiger partial charge in [0, 0.05) is 44.3 Å². The Bertz CT molecular complexity index is 895. The average molecular weight is 366 g/mol. The molecule has 2 aliphatic rings. The number of rotatable bonds is 3. The number of nitrogens with zero attached hydrogens (tertiary/aromatic N) is 5. The van der Waals surface area contributed by atoms with Crippen LogP contribution in [0.25, 0.3) is 10.9 Å². The van der Waals surface area contributed by atoms with Crippen molar-refractivity contribution in [3.05, 3.63) is 30.2 Å². The summed E-state index contributed by atoms with van der Waals surface area (Å²) in [5.41, 5.74) is 1.93. The Hall–Kier alpha value is -2.76. The van der Waals surface area contributed by atoms with Gasteiger partial charge in [0.1, 0.15) is 11.6 Å². The monoisotopic (exact) mass is 366 g/mol. The molecule has 0 aliphatic carbocycles. The van der Waals surface area contributed by atoms with Crippen LogP contribution in [0.4, 0.5) is 5.69 Å². The lowest BCUT2D eigenvalue weighted by molar-refractivity contribution is -0.125. The maximum Gasteiger partial charge on any atom is 0.234 e. The Morgan fingerprint density at radius 2 is 2.30 bits per heavy atom. The molecule has 0 radical (unpaired) electrons. The van der Waals surface area contributed by atoms with Crippen molar-refractivity contribution in [2.24, 2.45) is 0 Å². The lowest BCUT2D eigenvalue weighted by Gasteiger charge is -2.40. The van der Waals surface area contributed by atoms with Gasteiger partial charge in [-0.3, -0.25) is 14.7 Å². The van der Waals surface area contributed by atoms with Crippen LogP contribution in [0.15, 0.2) is 24.5 Å². The molecule has 1 amide bonds. The maximum absolute atomic E-state index is 11.6. The molecule has 140 valence electrons. The summed E-state index contributed by atoms with van der Waals surface area (Å²) in [6.07, 6.45) is 3.50. The number of morpholine rings is 1. The number of carbonyl (C=O) groups excluding carboxylic acids is 1. The minimum absolute atomic E-state index is 0.00187. The number of fused-ring (bicyclic) bond motifs is 1. The first-order valence-electron chi connectivity index (χ1n) is 9.17. The van der Waals surface area contributed by atoms with Crippen LogP contribution in [0.2, 0.25) is 0 Å². The molecule has 0 bridgehead atoms. The molecule has 2 fully saturated rings. The zero-order valence-corrected chi connectivity index (χ0v) is 15.3. The second-order valence-electron chi connectivity index (χ2n) is 7.06. The van der Waals surface area contributed by atoms with Gasteiger partial charge in [0.2, 0.25) is 5.91 Å². The van der Waals surface area contributed by atoms with Crippen LogP contribution in [0.3, 0.4) is 0 Å². The second kappa shape index (κ2) is 7.47. The lowest BCUT2D eigenvalue weighted by Crippen LogP contribution is -2.55. The molecule has 27 heavy (non-hydrogen) atoms. The van der Waals surface area contributed by atoms with Gasteiger partial charge in [0.15, 0.2) is 5.69 Å². The van der Waals surface area contributed by atoms with Gasteiger partial charge < -0.3 is 15.0 Å². The predicted octanol–water partition coefficient (Wildman–Crippen LogP) is 0.527. The third kappa shape index (κ3) is 3.70. The number of ether oxygens (including phenoxy) is 1. The minimum atomic E-state index is 0.00187. The Kier molecular flexibility index (Phi) is 4.88. The molecule has 8 heteroatoms. The van der Waals surface area contributed by atoms with Crippen molar-refractivity contribution in [2.45, 2.75) is 19.1 Å². The highest BCUT2D eigenvalue weighted by atomic mass is 16.5. The molecule has 8 nitrogen and oxygen atoms in total. The van der Waals surface area contributed by atoms with E-state index in [2.05, 4.69) is 38.1 Å². The van der Waals surface area contributed by atoms with Crippen molar-refractivity contribution in [1.82, 2.24) is 20.2 Å². The summed E-state index contributed by atoms with van der Waals surface area (Å²) in [5, 5.41) is 13.1. The molecular formula is C19H22N6O2. The number of carbonyl (C=O) groups is 1. The second-order valence-corrected chi connectivity index (χ2v) is 7.06. The van der Waals surface area contributed by atoms with E-state index in [0.717, 1.165) is 24.2 Å². The van der Waals surface area contributed by atoms with E-state index >= 15 is 0 Å². The number of anilines is 1. The van der Waals surface area contributed by atoms with E-state index in [-0.39, 0.29) is 18.1 Å². The summed E-state index contributed by atoms with van der Waals surface area (Å²) in [5.74, 6) is 0.0651. The number of aromatic nitrogens is 2. The largest absolute Gasteiger partial charge is 0.370 e. The smallest absolute Gasteiger partial charge is 0.234 e. The zero-order valence-electron chi connectivity index (χ0n) is 15.3. The van der Waals surface area contributed by atoms with Crippen LogP contribution in [0.5, 0.6) is 0 Å². The number of nitriles is 1. The van der Waals surface area contributed by atoms with E-state index < -0.39 is 0 Å². The molecule has 4 heterocycles. The molecule has 0 spiro atoms. The van der Waals surface area contributed by atoms with Crippen LogP contribution >= 0.6 is 0 Å². The van der Waals surface area contributed by atoms with Gasteiger partial charge in [-0.25, -0.2) is 4.98 Å². The van der Waals surface area contributed by atoms with E-state index in [1.165, 1.54) is 0 Å². The highest BCUT2D eigenvalue weighted by Crippen LogP contribution is 2.29. The molecular weight excluding hydrogens is 344 g/mol. The van der Waals surface area contributed by atoms with E-state index in [4.69, 9.17) is 4.74 Å². The van der Waals surface area contributed by atoms with Crippen LogP contribution in [-0.2, 0) is 9.53 Å². The van der Waals surface area contributed by atoms with Gasteiger partial charge in [-0.15, -0.1) is 0 Å². The molecule has 2 atom stereocenters. The van der Waals surface area contributed by atoms with Crippen molar-refractivity contribution in [3.63, 3.8) is 0 Å². The van der Waals surface area contributed by atoms with Crippen LogP contribution in [-0.4, -0.2) is 72.3 Å². The molecule has 2 saturated heterocycles. The molecule has 2 aliphatic heterocycles. The van der Waals surface area contributed by atoms with Crippen LogP contribution in [0.1, 0.15) is 12.6 Å². The third-order valence-electron chi connectivity index (χ3n) is 4.98. The van der Waals surface area contributed by atoms with Gasteiger partial charge in [-0.1, -0.05) is 0 Å². The fraction of sp³-hybridized carbons (Fsp3) is 0.474. The number of piperazine rings is 1. The molecule has 0 aromatic carbocycles. The average Bonchev–Trinajstić information content (AvgIpc) is 2.66. The summed E-state index contributed by atoms with van der Waals surface area (Å²) in [6.45, 7) is 6.16. The van der Waals surface area contributed by atoms with Crippen molar-refractivity contribution < 1.29 is 9.53 Å². The number of nitrogens with one attached hydrogen (secondary N) is 1. The number of hydrogen-bond acceptors (Lipinski definition) is 7. The fourth-order valence-electron chi connectivity index (χ4n) is 3.87. The molecule has 0 saturated carbocycles. The molecule has 2 aromatic rings. The first kappa shape index (κ1) is 17.6. The normalized spacial score (nSPS) is 23.9. The molecule has 2 aromatic heterocycles. The fourth-order valence-corrected chi connectivity index (χ4v) is 3.87. The van der Waals surface area contributed by atoms with Gasteiger partial charge in [0.25, 0.3) is 0 Å². The summed E-state index contributed by atoms with van der Waals surface area (Å²) in [4.78, 5) is 24.7. The maximum atomic E-state index is 11.6. The number of pyridine rings is 2. The third-order valence-corrected chi connectivity index (χ3v) is 4.98. The Balaban J connectivity index is 1.58. The van der Waals surface area contributed by atoms with Crippen molar-refractivity contribution >= 4 is 22.5 Å². The molecule has 4 rings (SSSR count). The van der Waals surface area contributed by atoms with Crippen molar-refractivity contribution in [1.29, 1.82) is 5.26 Å². The summed E-state index contributed by atoms with van der Waals surface area (Å²) in [6, 6.07) is 5.97. The van der Waals surface area contributed by atoms with Crippen LogP contribution < -0.4 is 10.2 Å². The topological polar surface area (TPSA) is 94.4 Å². The van der Waals surface area contributed by atoms with E-state index in [0.29, 0.717) is 37.4 Å². The highest BCUT2D eigenvalue weighted by Gasteiger charge is 2.29. The van der Waals surface area contributed by atoms with Crippen molar-refractivity contribution in [3.8, 4) is 6.07 Å². The van der Waals surface area contributed by atoms with Gasteiger partial charge >= 0.3 is 0 Å². The van der Waals surface area contributed by atoms with Gasteiger partial charge in [-0.05, 0) is 19.1 Å². The summed E-state index contributed by atoms with van der Waals surface area (Å²) in [7, 11) is 0. The van der Waals surface area contributed by atoms with Gasteiger partial charge in [-0.2, -0.15) is 5.26 Å². The Labute approximate surface area is 157 Å². The van der Waals surface area contributed by atoms with Crippen LogP contribution in [0, 0.1) is 11.3 Å². The van der Waals surface area contributed by atoms with E-state index in [9.17, 15) is 10.1 Å². The Morgan fingerprint density at radius 1 is 1.41 bits per heavy atom. The zero-order chi connectivity index (χ0) is 18.8. The minimum Gasteiger partial charge on any atom is -0.370 e. The first-order chi connectivity index (χ1) is 13.1. The summed E-state index contributed by atoms with van der Waals surface area (Å²) >= 11 is 0. The van der Waals surface area contributed by atoms with Gasteiger partial charge in [0.05, 0.1) is 30.6 Å². The quantitative estimate of drug-likeness (QED) is 0.846. The number of amides is 1. The SMILES string of the molecule is C[C@@H]1CN(c2cnc(C#N)c3ncccc23)C[C@H](CN2CCNC(=O)C2)O1. The molecule has 0 unspecified atom stereocenters. The number of hydrogen-bond donors (Lipinski definition) is 1. The molecule has 1 N–H and O–H groups in total. The van der Waals surface area contributed by atoms with E-state index in [1.807, 2.05) is 12.1 Å². The van der Waals surface area contributed by atoms with Crippen molar-refractivity contribution in [2.75, 3.05) is 44.2 Å². The lowest BCUT2D eigenvalue weighted by atomic mass is 10.1.